The molecule has 1 aromatic carbocycles. The second kappa shape index (κ2) is 6.34. The maximum absolute atomic E-state index is 12.6. The molecule has 3 aliphatic rings. The lowest BCUT2D eigenvalue weighted by atomic mass is 9.79. The van der Waals surface area contributed by atoms with Crippen molar-refractivity contribution in [1.29, 1.82) is 5.26 Å². The number of nitrogens with zero attached hydrogens (tertiary/aromatic N) is 3. The lowest BCUT2D eigenvalue weighted by molar-refractivity contribution is 0.0210. The molecule has 6 heteroatoms. The van der Waals surface area contributed by atoms with Gasteiger partial charge in [0.25, 0.3) is 5.89 Å². The van der Waals surface area contributed by atoms with Crippen molar-refractivity contribution in [2.75, 3.05) is 13.1 Å². The summed E-state index contributed by atoms with van der Waals surface area (Å²) in [4.78, 5) is 19.1. The lowest BCUT2D eigenvalue weighted by Gasteiger charge is -2.49. The predicted octanol–water partition coefficient (Wildman–Crippen LogP) is 2.43. The van der Waals surface area contributed by atoms with E-state index in [2.05, 4.69) is 28.2 Å². The van der Waals surface area contributed by atoms with E-state index in [-0.39, 0.29) is 17.8 Å². The third-order valence-electron chi connectivity index (χ3n) is 5.49. The minimum Gasteiger partial charge on any atom is -0.432 e. The van der Waals surface area contributed by atoms with Gasteiger partial charge in [-0.1, -0.05) is 12.1 Å². The summed E-state index contributed by atoms with van der Waals surface area (Å²) in [6.45, 7) is 4.40. The van der Waals surface area contributed by atoms with Crippen molar-refractivity contribution in [3.63, 3.8) is 0 Å². The van der Waals surface area contributed by atoms with Gasteiger partial charge >= 0.3 is 5.91 Å². The number of amides is 1. The monoisotopic (exact) mass is 336 g/mol. The van der Waals surface area contributed by atoms with Crippen LogP contribution < -0.4 is 5.32 Å². The van der Waals surface area contributed by atoms with Crippen molar-refractivity contribution in [1.82, 2.24) is 15.2 Å². The molecule has 4 heterocycles. The summed E-state index contributed by atoms with van der Waals surface area (Å²) in [5.74, 6) is 0.722. The molecule has 128 valence electrons. The van der Waals surface area contributed by atoms with Gasteiger partial charge in [0, 0.05) is 17.6 Å². The Morgan fingerprint density at radius 1 is 1.36 bits per heavy atom. The van der Waals surface area contributed by atoms with Crippen LogP contribution in [-0.2, 0) is 0 Å². The van der Waals surface area contributed by atoms with E-state index in [1.807, 2.05) is 6.07 Å². The van der Waals surface area contributed by atoms with Gasteiger partial charge < -0.3 is 9.73 Å². The van der Waals surface area contributed by atoms with Crippen LogP contribution in [0.3, 0.4) is 0 Å². The van der Waals surface area contributed by atoms with Crippen molar-refractivity contribution >= 4 is 5.91 Å². The summed E-state index contributed by atoms with van der Waals surface area (Å²) in [5.41, 5.74) is 1.14. The largest absolute Gasteiger partial charge is 0.432 e. The molecule has 3 saturated heterocycles. The molecule has 1 amide bonds. The van der Waals surface area contributed by atoms with E-state index in [4.69, 9.17) is 4.42 Å². The van der Waals surface area contributed by atoms with Crippen molar-refractivity contribution in [2.24, 2.45) is 5.92 Å². The molecule has 6 nitrogen and oxygen atoms in total. The van der Waals surface area contributed by atoms with E-state index in [1.54, 1.807) is 18.2 Å². The fraction of sp³-hybridized carbons (Fsp3) is 0.421. The van der Waals surface area contributed by atoms with Crippen LogP contribution in [0.4, 0.5) is 0 Å². The first-order chi connectivity index (χ1) is 12.2. The van der Waals surface area contributed by atoms with Crippen LogP contribution in [0.25, 0.3) is 11.3 Å². The van der Waals surface area contributed by atoms with E-state index >= 15 is 0 Å². The third-order valence-corrected chi connectivity index (χ3v) is 5.49. The van der Waals surface area contributed by atoms with Crippen LogP contribution in [-0.4, -0.2) is 41.0 Å². The molecule has 0 spiro atoms. The Morgan fingerprint density at radius 3 is 2.84 bits per heavy atom. The molecule has 1 N–H and O–H groups in total. The molecule has 5 rings (SSSR count). The average molecular weight is 336 g/mol. The Bertz CT molecular complexity index is 828. The predicted molar refractivity (Wildman–Crippen MR) is 91.7 cm³/mol. The van der Waals surface area contributed by atoms with Crippen LogP contribution in [0.5, 0.6) is 0 Å². The van der Waals surface area contributed by atoms with Crippen molar-refractivity contribution in [3.05, 3.63) is 41.9 Å². The van der Waals surface area contributed by atoms with Crippen molar-refractivity contribution < 1.29 is 9.21 Å². The van der Waals surface area contributed by atoms with E-state index in [0.717, 1.165) is 25.9 Å². The summed E-state index contributed by atoms with van der Waals surface area (Å²) in [6.07, 6.45) is 3.76. The van der Waals surface area contributed by atoms with Gasteiger partial charge in [0.05, 0.1) is 17.8 Å². The van der Waals surface area contributed by atoms with Crippen molar-refractivity contribution in [3.8, 4) is 17.4 Å². The maximum Gasteiger partial charge on any atom is 0.307 e. The molecule has 2 aromatic rings. The zero-order valence-electron chi connectivity index (χ0n) is 14.1. The van der Waals surface area contributed by atoms with Gasteiger partial charge in [-0.05, 0) is 50.9 Å². The number of nitriles is 1. The number of oxazole rings is 1. The number of carbonyl (C=O) groups is 1. The summed E-state index contributed by atoms with van der Waals surface area (Å²) >= 11 is 0. The maximum atomic E-state index is 12.6. The summed E-state index contributed by atoms with van der Waals surface area (Å²) in [7, 11) is 0. The molecule has 0 unspecified atom stereocenters. The first kappa shape index (κ1) is 15.9. The Labute approximate surface area is 146 Å². The Balaban J connectivity index is 1.52. The average Bonchev–Trinajstić information content (AvgIpc) is 3.15. The fourth-order valence-corrected chi connectivity index (χ4v) is 4.06. The van der Waals surface area contributed by atoms with Crippen molar-refractivity contribution in [2.45, 2.75) is 31.8 Å². The van der Waals surface area contributed by atoms with Gasteiger partial charge in [-0.25, -0.2) is 4.98 Å². The SMILES string of the molecule is C[C@H]1[C@H](NC(=O)c2ncc(-c3ccccc3C#N)o2)C2CCN1CC2. The molecule has 0 radical (unpaired) electrons. The minimum absolute atomic E-state index is 0.0476. The van der Waals surface area contributed by atoms with E-state index in [9.17, 15) is 10.1 Å². The molecular formula is C19H20N4O2. The summed E-state index contributed by atoms with van der Waals surface area (Å²) in [6, 6.07) is 9.72. The number of benzene rings is 1. The van der Waals surface area contributed by atoms with Crippen LogP contribution >= 0.6 is 0 Å². The van der Waals surface area contributed by atoms with Gasteiger partial charge in [-0.3, -0.25) is 9.69 Å². The highest BCUT2D eigenvalue weighted by Crippen LogP contribution is 2.32. The van der Waals surface area contributed by atoms with E-state index < -0.39 is 0 Å². The molecule has 3 aliphatic heterocycles. The number of nitrogens with one attached hydrogen (secondary N) is 1. The highest BCUT2D eigenvalue weighted by Gasteiger charge is 2.40. The van der Waals surface area contributed by atoms with Gasteiger partial charge in [0.2, 0.25) is 0 Å². The molecular weight excluding hydrogens is 316 g/mol. The standard InChI is InChI=1S/C19H20N4O2/c1-12-17(13-6-8-23(12)9-7-13)22-18(24)19-21-11-16(25-19)15-5-3-2-4-14(15)10-20/h2-5,11-13,17H,6-9H2,1H3,(H,22,24)/t12-,17-/m0/s1. The molecule has 2 bridgehead atoms. The van der Waals surface area contributed by atoms with Gasteiger partial charge in [0.1, 0.15) is 0 Å². The van der Waals surface area contributed by atoms with Crippen LogP contribution in [0, 0.1) is 17.2 Å². The number of fused-ring (bicyclic) bond motifs is 3. The second-order valence-corrected chi connectivity index (χ2v) is 6.80. The normalized spacial score (nSPS) is 27.7. The zero-order chi connectivity index (χ0) is 17.4. The molecule has 2 atom stereocenters. The van der Waals surface area contributed by atoms with Gasteiger partial charge in [-0.2, -0.15) is 5.26 Å². The fourth-order valence-electron chi connectivity index (χ4n) is 4.06. The number of rotatable bonds is 3. The highest BCUT2D eigenvalue weighted by molar-refractivity contribution is 5.90. The Kier molecular flexibility index (Phi) is 4.02. The first-order valence-electron chi connectivity index (χ1n) is 8.67. The number of carbonyl (C=O) groups excluding carboxylic acids is 1. The quantitative estimate of drug-likeness (QED) is 0.931. The third kappa shape index (κ3) is 2.81. The summed E-state index contributed by atoms with van der Waals surface area (Å²) in [5, 5.41) is 12.3. The Hall–Kier alpha value is -2.65. The second-order valence-electron chi connectivity index (χ2n) is 6.80. The van der Waals surface area contributed by atoms with Crippen LogP contribution in [0.1, 0.15) is 36.0 Å². The van der Waals surface area contributed by atoms with Gasteiger partial charge in [-0.15, -0.1) is 0 Å². The summed E-state index contributed by atoms with van der Waals surface area (Å²) < 4.78 is 5.64. The number of hydrogen-bond acceptors (Lipinski definition) is 5. The highest BCUT2D eigenvalue weighted by atomic mass is 16.4. The molecule has 25 heavy (non-hydrogen) atoms. The lowest BCUT2D eigenvalue weighted by Crippen LogP contribution is -2.62. The minimum atomic E-state index is -0.286. The Morgan fingerprint density at radius 2 is 2.12 bits per heavy atom. The molecule has 0 aliphatic carbocycles. The van der Waals surface area contributed by atoms with Crippen LogP contribution in [0.2, 0.25) is 0 Å². The molecule has 1 aromatic heterocycles. The number of hydrogen-bond donors (Lipinski definition) is 1. The smallest absolute Gasteiger partial charge is 0.307 e. The topological polar surface area (TPSA) is 82.2 Å². The van der Waals surface area contributed by atoms with Gasteiger partial charge in [0.15, 0.2) is 5.76 Å². The van der Waals surface area contributed by atoms with Crippen LogP contribution in [0.15, 0.2) is 34.9 Å². The first-order valence-corrected chi connectivity index (χ1v) is 8.67. The molecule has 3 fully saturated rings. The van der Waals surface area contributed by atoms with E-state index in [0.29, 0.717) is 28.8 Å². The van der Waals surface area contributed by atoms with E-state index in [1.165, 1.54) is 6.20 Å². The zero-order valence-corrected chi connectivity index (χ0v) is 14.1. The number of aromatic nitrogens is 1. The molecule has 0 saturated carbocycles. The number of piperidine rings is 3.